The molecule has 23 heteroatoms. The van der Waals surface area contributed by atoms with Crippen molar-refractivity contribution >= 4 is 54.2 Å². The van der Waals surface area contributed by atoms with Crippen molar-refractivity contribution in [2.24, 2.45) is 0 Å². The van der Waals surface area contributed by atoms with Crippen molar-refractivity contribution in [3.8, 4) is 46.0 Å². The number of methoxy groups -OCH3 is 8. The Morgan fingerprint density at radius 1 is 0.477 bits per heavy atom. The van der Waals surface area contributed by atoms with Crippen molar-refractivity contribution in [3.05, 3.63) is 95.1 Å². The molecule has 0 aliphatic rings. The first-order valence-electron chi connectivity index (χ1n) is 18.6. The molecule has 4 rings (SSSR count). The van der Waals surface area contributed by atoms with Gasteiger partial charge < -0.3 is 48.1 Å². The molecule has 20 nitrogen and oxygen atoms in total. The van der Waals surface area contributed by atoms with Gasteiger partial charge in [0.1, 0.15) is 66.3 Å². The molecule has 4 aromatic carbocycles. The number of ether oxygens (including phenoxy) is 8. The molecular weight excluding hydrogens is 917 g/mol. The van der Waals surface area contributed by atoms with Gasteiger partial charge in [-0.25, -0.2) is 43.5 Å². The summed E-state index contributed by atoms with van der Waals surface area (Å²) in [6, 6.07) is 12.6. The van der Waals surface area contributed by atoms with E-state index < -0.39 is 62.4 Å². The minimum atomic E-state index is -4.97. The van der Waals surface area contributed by atoms with E-state index in [4.69, 9.17) is 37.9 Å². The summed E-state index contributed by atoms with van der Waals surface area (Å²) in [5.41, 5.74) is -0.0683. The quantitative estimate of drug-likeness (QED) is 0.103. The fraction of sp³-hybridized carbons (Fsp3) is 0.286. The summed E-state index contributed by atoms with van der Waals surface area (Å²) in [6.07, 6.45) is 1.35. The largest absolute Gasteiger partial charge is 0.496 e. The summed E-state index contributed by atoms with van der Waals surface area (Å²) in [5, 5.41) is 15.6. The summed E-state index contributed by atoms with van der Waals surface area (Å²) in [6.45, 7) is 0. The van der Waals surface area contributed by atoms with E-state index in [1.807, 2.05) is 0 Å². The number of amides is 2. The third-order valence-corrected chi connectivity index (χ3v) is 15.7. The van der Waals surface area contributed by atoms with Gasteiger partial charge >= 0.3 is 12.2 Å². The normalized spacial score (nSPS) is 12.8. The Morgan fingerprint density at radius 3 is 1.02 bits per heavy atom. The van der Waals surface area contributed by atoms with Gasteiger partial charge in [-0.15, -0.1) is 0 Å². The van der Waals surface area contributed by atoms with Gasteiger partial charge in [-0.05, 0) is 47.5 Å². The van der Waals surface area contributed by atoms with Gasteiger partial charge in [-0.3, -0.25) is 0 Å². The van der Waals surface area contributed by atoms with Crippen LogP contribution in [0, 0.1) is 0 Å². The van der Waals surface area contributed by atoms with Crippen LogP contribution in [-0.2, 0) is 29.9 Å². The van der Waals surface area contributed by atoms with Crippen LogP contribution in [-0.4, -0.2) is 127 Å². The molecule has 0 aromatic heterocycles. The number of sulfone groups is 1. The first-order chi connectivity index (χ1) is 30.6. The van der Waals surface area contributed by atoms with Gasteiger partial charge in [0.25, 0.3) is 20.0 Å². The number of carboxylic acid groups (broad SMARTS) is 2. The standard InChI is InChI=1S/C42H48N2O18S3/c1-43(41(45)46)64(51,52)39-19-25(11-15-31(39)57-5)37(17-13-29-33(59-7)21-27(55-3)22-34(29)60-8)63(49,50)38(18-14-30-35(61-9)23-28(56-4)24-36(30)62-10)26-12-16-32(58-6)40(20-26)65(53,54)44(2)42(47)48/h11-24,37-38H,1-10H3,(H,45,46)(H,47,48)/b17-13+,18-14+. The van der Waals surface area contributed by atoms with E-state index >= 15 is 8.42 Å². The Labute approximate surface area is 376 Å². The Kier molecular flexibility index (Phi) is 16.2. The summed E-state index contributed by atoms with van der Waals surface area (Å²) in [5.74, 6) is 0.637. The summed E-state index contributed by atoms with van der Waals surface area (Å²) >= 11 is 0. The van der Waals surface area contributed by atoms with Crippen LogP contribution >= 0.6 is 0 Å². The number of carbonyl (C=O) groups is 2. The number of hydrogen-bond donors (Lipinski definition) is 2. The summed E-state index contributed by atoms with van der Waals surface area (Å²) < 4.78 is 130. The Bertz CT molecular complexity index is 2590. The van der Waals surface area contributed by atoms with Crippen LogP contribution in [0.1, 0.15) is 32.8 Å². The fourth-order valence-electron chi connectivity index (χ4n) is 6.38. The Hall–Kier alpha value is -6.85. The molecule has 0 radical (unpaired) electrons. The second-order valence-electron chi connectivity index (χ2n) is 13.4. The lowest BCUT2D eigenvalue weighted by Crippen LogP contribution is -2.32. The number of rotatable bonds is 20. The van der Waals surface area contributed by atoms with Crippen molar-refractivity contribution in [2.75, 3.05) is 71.0 Å². The van der Waals surface area contributed by atoms with E-state index in [0.717, 1.165) is 52.6 Å². The van der Waals surface area contributed by atoms with Gasteiger partial charge in [0, 0.05) is 38.4 Å². The smallest absolute Gasteiger partial charge is 0.421 e. The fourth-order valence-corrected chi connectivity index (χ4v) is 10.7. The monoisotopic (exact) mass is 964 g/mol. The van der Waals surface area contributed by atoms with Crippen molar-refractivity contribution < 1.29 is 83.0 Å². The molecule has 2 unspecified atom stereocenters. The predicted octanol–water partition coefficient (Wildman–Crippen LogP) is 5.98. The Balaban J connectivity index is 2.22. The molecule has 0 heterocycles. The van der Waals surface area contributed by atoms with E-state index in [9.17, 15) is 36.6 Å². The molecule has 0 aliphatic heterocycles. The van der Waals surface area contributed by atoms with Gasteiger partial charge in [-0.2, -0.15) is 0 Å². The highest BCUT2D eigenvalue weighted by Crippen LogP contribution is 2.44. The van der Waals surface area contributed by atoms with Crippen molar-refractivity contribution in [1.29, 1.82) is 0 Å². The predicted molar refractivity (Wildman–Crippen MR) is 237 cm³/mol. The summed E-state index contributed by atoms with van der Waals surface area (Å²) in [4.78, 5) is 22.5. The maximum Gasteiger partial charge on any atom is 0.421 e. The second-order valence-corrected chi connectivity index (χ2v) is 19.4. The van der Waals surface area contributed by atoms with Gasteiger partial charge in [0.2, 0.25) is 0 Å². The van der Waals surface area contributed by atoms with Crippen LogP contribution in [0.4, 0.5) is 9.59 Å². The first kappa shape index (κ1) is 50.8. The number of sulfonamides is 2. The van der Waals surface area contributed by atoms with Crippen molar-refractivity contribution in [3.63, 3.8) is 0 Å². The lowest BCUT2D eigenvalue weighted by atomic mass is 10.1. The van der Waals surface area contributed by atoms with Crippen LogP contribution in [0.2, 0.25) is 0 Å². The van der Waals surface area contributed by atoms with E-state index in [1.165, 1.54) is 103 Å². The minimum Gasteiger partial charge on any atom is -0.496 e. The molecule has 2 amide bonds. The molecule has 352 valence electrons. The molecule has 4 aromatic rings. The van der Waals surface area contributed by atoms with Gasteiger partial charge in [0.05, 0.1) is 68.0 Å². The van der Waals surface area contributed by atoms with Crippen LogP contribution in [0.5, 0.6) is 46.0 Å². The molecule has 0 aliphatic carbocycles. The highest BCUT2D eigenvalue weighted by Gasteiger charge is 2.38. The van der Waals surface area contributed by atoms with Crippen LogP contribution < -0.4 is 37.9 Å². The molecule has 0 spiro atoms. The molecule has 2 N–H and O–H groups in total. The maximum absolute atomic E-state index is 15.8. The van der Waals surface area contributed by atoms with E-state index in [0.29, 0.717) is 11.5 Å². The van der Waals surface area contributed by atoms with E-state index in [-0.39, 0.29) is 65.4 Å². The highest BCUT2D eigenvalue weighted by atomic mass is 32.2. The highest BCUT2D eigenvalue weighted by molar-refractivity contribution is 7.92. The Morgan fingerprint density at radius 2 is 0.769 bits per heavy atom. The van der Waals surface area contributed by atoms with Gasteiger partial charge in [0.15, 0.2) is 9.84 Å². The van der Waals surface area contributed by atoms with Gasteiger partial charge in [-0.1, -0.05) is 24.3 Å². The molecule has 2 atom stereocenters. The lowest BCUT2D eigenvalue weighted by molar-refractivity contribution is 0.176. The zero-order valence-electron chi connectivity index (χ0n) is 36.8. The molecule has 0 fully saturated rings. The van der Waals surface area contributed by atoms with Crippen molar-refractivity contribution in [2.45, 2.75) is 20.3 Å². The van der Waals surface area contributed by atoms with Crippen LogP contribution in [0.3, 0.4) is 0 Å². The maximum atomic E-state index is 15.8. The zero-order valence-corrected chi connectivity index (χ0v) is 39.2. The van der Waals surface area contributed by atoms with Crippen LogP contribution in [0.15, 0.2) is 82.6 Å². The number of hydrogen-bond acceptors (Lipinski definition) is 16. The summed E-state index contributed by atoms with van der Waals surface area (Å²) in [7, 11) is -2.78. The third-order valence-electron chi connectivity index (χ3n) is 9.94. The molecule has 0 saturated carbocycles. The van der Waals surface area contributed by atoms with Crippen LogP contribution in [0.25, 0.3) is 12.2 Å². The second kappa shape index (κ2) is 20.8. The van der Waals surface area contributed by atoms with E-state index in [2.05, 4.69) is 0 Å². The topological polar surface area (TPSA) is 257 Å². The SMILES string of the molecule is COc1cc(OC)c(/C=C/C(c2ccc(OC)c(S(=O)(=O)N(C)C(=O)O)c2)S(=O)(=O)C(/C=C/c2c(OC)cc(OC)cc2OC)c2ccc(OC)c(S(=O)(=O)N(C)C(=O)O)c2)c(OC)c1. The average molecular weight is 965 g/mol. The first-order valence-corrected chi connectivity index (χ1v) is 23.1. The molecule has 0 bridgehead atoms. The zero-order chi connectivity index (χ0) is 48.6. The molecule has 0 saturated heterocycles. The molecular formula is C42H48N2O18S3. The average Bonchev–Trinajstić information content (AvgIpc) is 3.30. The molecule has 65 heavy (non-hydrogen) atoms. The van der Waals surface area contributed by atoms with E-state index in [1.54, 1.807) is 0 Å². The number of benzene rings is 4. The number of nitrogens with zero attached hydrogens (tertiary/aromatic N) is 2. The lowest BCUT2D eigenvalue weighted by Gasteiger charge is -2.24. The third kappa shape index (κ3) is 10.4. The van der Waals surface area contributed by atoms with Crippen molar-refractivity contribution in [1.82, 2.24) is 8.61 Å². The minimum absolute atomic E-state index is 0.0235.